The number of imide groups is 1. The molecule has 4 rings (SSSR count). The summed E-state index contributed by atoms with van der Waals surface area (Å²) < 4.78 is 33.8. The summed E-state index contributed by atoms with van der Waals surface area (Å²) in [6.07, 6.45) is 2.24. The summed E-state index contributed by atoms with van der Waals surface area (Å²) in [5.41, 5.74) is 0.898. The lowest BCUT2D eigenvalue weighted by Crippen LogP contribution is -2.47. The van der Waals surface area contributed by atoms with E-state index in [-0.39, 0.29) is 30.2 Å². The Labute approximate surface area is 173 Å². The van der Waals surface area contributed by atoms with Crippen molar-refractivity contribution in [1.82, 2.24) is 14.2 Å². The Balaban J connectivity index is 1.30. The summed E-state index contributed by atoms with van der Waals surface area (Å²) in [5, 5.41) is 0.606. The van der Waals surface area contributed by atoms with Crippen molar-refractivity contribution in [1.29, 1.82) is 0 Å². The average Bonchev–Trinajstić information content (AvgIpc) is 3.10. The maximum Gasteiger partial charge on any atom is 0.274 e. The number of fused-ring (bicyclic) bond motifs is 1. The standard InChI is InChI=1S/C19H23N3O5S2/c23-17-6-3-7-18(24)22(17)12-13-29(25,26)21-10-8-14(9-11-21)27-19-20-15-4-1-2-5-16(15)28-19/h1-2,4-5,14H,3,6-13H2. The van der Waals surface area contributed by atoms with Crippen LogP contribution >= 0.6 is 11.3 Å². The highest BCUT2D eigenvalue weighted by molar-refractivity contribution is 7.89. The topological polar surface area (TPSA) is 96.9 Å². The molecule has 29 heavy (non-hydrogen) atoms. The summed E-state index contributed by atoms with van der Waals surface area (Å²) in [7, 11) is -3.53. The molecule has 1 aromatic carbocycles. The molecule has 8 nitrogen and oxygen atoms in total. The molecule has 0 atom stereocenters. The van der Waals surface area contributed by atoms with Gasteiger partial charge in [-0.3, -0.25) is 14.5 Å². The monoisotopic (exact) mass is 437 g/mol. The molecule has 2 saturated heterocycles. The van der Waals surface area contributed by atoms with Gasteiger partial charge in [-0.1, -0.05) is 23.5 Å². The summed E-state index contributed by atoms with van der Waals surface area (Å²) in [6, 6.07) is 7.82. The molecule has 2 fully saturated rings. The molecule has 10 heteroatoms. The summed E-state index contributed by atoms with van der Waals surface area (Å²) in [6.45, 7) is 0.654. The van der Waals surface area contributed by atoms with Crippen LogP contribution in [-0.4, -0.2) is 65.9 Å². The number of carbonyl (C=O) groups excluding carboxylic acids is 2. The van der Waals surface area contributed by atoms with Gasteiger partial charge in [0, 0.05) is 32.5 Å². The zero-order valence-corrected chi connectivity index (χ0v) is 17.6. The second kappa shape index (κ2) is 8.37. The third-order valence-corrected chi connectivity index (χ3v) is 8.07. The maximum absolute atomic E-state index is 12.6. The number of ether oxygens (including phenoxy) is 1. The molecule has 2 aliphatic rings. The minimum Gasteiger partial charge on any atom is -0.467 e. The van der Waals surface area contributed by atoms with E-state index in [2.05, 4.69) is 4.98 Å². The van der Waals surface area contributed by atoms with Crippen LogP contribution in [0.4, 0.5) is 0 Å². The van der Waals surface area contributed by atoms with Crippen LogP contribution in [0, 0.1) is 0 Å². The number of benzene rings is 1. The van der Waals surface area contributed by atoms with Crippen LogP contribution in [0.2, 0.25) is 0 Å². The predicted octanol–water partition coefficient (Wildman–Crippen LogP) is 2.01. The largest absolute Gasteiger partial charge is 0.467 e. The number of hydrogen-bond donors (Lipinski definition) is 0. The highest BCUT2D eigenvalue weighted by atomic mass is 32.2. The average molecular weight is 438 g/mol. The smallest absolute Gasteiger partial charge is 0.274 e. The fourth-order valence-electron chi connectivity index (χ4n) is 3.66. The van der Waals surface area contributed by atoms with E-state index in [9.17, 15) is 18.0 Å². The number of rotatable bonds is 6. The van der Waals surface area contributed by atoms with Crippen molar-refractivity contribution in [3.05, 3.63) is 24.3 Å². The first-order chi connectivity index (χ1) is 13.9. The van der Waals surface area contributed by atoms with Crippen LogP contribution in [0.15, 0.2) is 24.3 Å². The number of carbonyl (C=O) groups is 2. The van der Waals surface area contributed by atoms with Gasteiger partial charge in [0.2, 0.25) is 21.8 Å². The fraction of sp³-hybridized carbons (Fsp3) is 0.526. The van der Waals surface area contributed by atoms with Gasteiger partial charge in [0.15, 0.2) is 0 Å². The molecule has 0 radical (unpaired) electrons. The lowest BCUT2D eigenvalue weighted by atomic mass is 10.1. The van der Waals surface area contributed by atoms with Crippen molar-refractivity contribution in [2.24, 2.45) is 0 Å². The lowest BCUT2D eigenvalue weighted by molar-refractivity contribution is -0.147. The molecule has 2 aromatic rings. The maximum atomic E-state index is 12.6. The van der Waals surface area contributed by atoms with Gasteiger partial charge in [-0.25, -0.2) is 17.7 Å². The first-order valence-electron chi connectivity index (χ1n) is 9.75. The van der Waals surface area contributed by atoms with Crippen molar-refractivity contribution in [2.75, 3.05) is 25.4 Å². The van der Waals surface area contributed by atoms with Crippen LogP contribution in [-0.2, 0) is 19.6 Å². The van der Waals surface area contributed by atoms with Crippen molar-refractivity contribution < 1.29 is 22.7 Å². The first-order valence-corrected chi connectivity index (χ1v) is 12.2. The number of piperidine rings is 2. The van der Waals surface area contributed by atoms with E-state index in [0.717, 1.165) is 15.1 Å². The Hall–Kier alpha value is -2.04. The highest BCUT2D eigenvalue weighted by Gasteiger charge is 2.32. The number of aromatic nitrogens is 1. The Morgan fingerprint density at radius 1 is 1.10 bits per heavy atom. The van der Waals surface area contributed by atoms with Crippen molar-refractivity contribution in [3.8, 4) is 5.19 Å². The molecule has 0 N–H and O–H groups in total. The van der Waals surface area contributed by atoms with Gasteiger partial charge < -0.3 is 4.74 Å². The quantitative estimate of drug-likeness (QED) is 0.642. The van der Waals surface area contributed by atoms with Gasteiger partial charge in [-0.15, -0.1) is 0 Å². The van der Waals surface area contributed by atoms with E-state index in [1.807, 2.05) is 24.3 Å². The van der Waals surface area contributed by atoms with Gasteiger partial charge in [0.05, 0.1) is 16.0 Å². The van der Waals surface area contributed by atoms with Gasteiger partial charge in [0.1, 0.15) is 6.10 Å². The van der Waals surface area contributed by atoms with Gasteiger partial charge in [-0.2, -0.15) is 0 Å². The Kier molecular flexibility index (Phi) is 5.84. The predicted molar refractivity (Wildman–Crippen MR) is 109 cm³/mol. The summed E-state index contributed by atoms with van der Waals surface area (Å²) in [5.74, 6) is -0.785. The zero-order chi connectivity index (χ0) is 20.4. The highest BCUT2D eigenvalue weighted by Crippen LogP contribution is 2.29. The molecular weight excluding hydrogens is 414 g/mol. The van der Waals surface area contributed by atoms with Gasteiger partial charge in [-0.05, 0) is 31.4 Å². The minimum atomic E-state index is -3.53. The normalized spacial score (nSPS) is 19.8. The second-order valence-corrected chi connectivity index (χ2v) is 10.4. The molecule has 2 aliphatic heterocycles. The Bertz CT molecular complexity index is 963. The van der Waals surface area contributed by atoms with Gasteiger partial charge in [0.25, 0.3) is 5.19 Å². The molecule has 1 aromatic heterocycles. The van der Waals surface area contributed by atoms with E-state index in [4.69, 9.17) is 4.74 Å². The van der Waals surface area contributed by atoms with E-state index >= 15 is 0 Å². The van der Waals surface area contributed by atoms with E-state index in [0.29, 0.717) is 50.4 Å². The lowest BCUT2D eigenvalue weighted by Gasteiger charge is -2.31. The van der Waals surface area contributed by atoms with Crippen LogP contribution in [0.5, 0.6) is 5.19 Å². The number of thiazole rings is 1. The van der Waals surface area contributed by atoms with Gasteiger partial charge >= 0.3 is 0 Å². The third kappa shape index (κ3) is 4.59. The van der Waals surface area contributed by atoms with E-state index in [1.165, 1.54) is 15.6 Å². The van der Waals surface area contributed by atoms with Crippen molar-refractivity contribution in [3.63, 3.8) is 0 Å². The molecule has 156 valence electrons. The number of nitrogens with zero attached hydrogens (tertiary/aromatic N) is 3. The first kappa shape index (κ1) is 20.2. The Morgan fingerprint density at radius 3 is 2.48 bits per heavy atom. The molecule has 2 amide bonds. The summed E-state index contributed by atoms with van der Waals surface area (Å²) in [4.78, 5) is 29.3. The molecule has 0 saturated carbocycles. The van der Waals surface area contributed by atoms with Crippen LogP contribution in [0.25, 0.3) is 10.2 Å². The molecule has 0 unspecified atom stereocenters. The molecule has 0 spiro atoms. The number of amides is 2. The van der Waals surface area contributed by atoms with Crippen molar-refractivity contribution in [2.45, 2.75) is 38.2 Å². The SMILES string of the molecule is O=C1CCCC(=O)N1CCS(=O)(=O)N1CCC(Oc2nc3ccccc3s2)CC1. The number of sulfonamides is 1. The van der Waals surface area contributed by atoms with Crippen LogP contribution < -0.4 is 4.74 Å². The second-order valence-electron chi connectivity index (χ2n) is 7.27. The van der Waals surface area contributed by atoms with E-state index < -0.39 is 10.0 Å². The molecular formula is C19H23N3O5S2. The summed E-state index contributed by atoms with van der Waals surface area (Å²) >= 11 is 1.49. The van der Waals surface area contributed by atoms with Crippen LogP contribution in [0.1, 0.15) is 32.1 Å². The van der Waals surface area contributed by atoms with Crippen molar-refractivity contribution >= 4 is 43.4 Å². The number of likely N-dealkylation sites (tertiary alicyclic amines) is 1. The Morgan fingerprint density at radius 2 is 1.79 bits per heavy atom. The van der Waals surface area contributed by atoms with Crippen LogP contribution in [0.3, 0.4) is 0 Å². The third-order valence-electron chi connectivity index (χ3n) is 5.29. The molecule has 0 bridgehead atoms. The number of hydrogen-bond acceptors (Lipinski definition) is 7. The number of para-hydroxylation sites is 1. The zero-order valence-electron chi connectivity index (χ0n) is 16.0. The van der Waals surface area contributed by atoms with E-state index in [1.54, 1.807) is 0 Å². The molecule has 0 aliphatic carbocycles. The molecule has 3 heterocycles. The fourth-order valence-corrected chi connectivity index (χ4v) is 5.98. The minimum absolute atomic E-state index is 0.0673.